The molecule has 0 fully saturated rings. The Morgan fingerprint density at radius 2 is 1.93 bits per heavy atom. The Balaban J connectivity index is 3.09. The molecule has 15 heavy (non-hydrogen) atoms. The first-order chi connectivity index (χ1) is 6.97. The number of aryl methyl sites for hydroxylation is 2. The van der Waals surface area contributed by atoms with Gasteiger partial charge in [-0.3, -0.25) is 0 Å². The van der Waals surface area contributed by atoms with E-state index in [1.165, 1.54) is 0 Å². The molecule has 0 saturated carbocycles. The lowest BCUT2D eigenvalue weighted by atomic mass is 10.2. The van der Waals surface area contributed by atoms with Crippen LogP contribution in [0, 0.1) is 13.8 Å². The van der Waals surface area contributed by atoms with E-state index in [9.17, 15) is 8.42 Å². The highest BCUT2D eigenvalue weighted by Crippen LogP contribution is 2.16. The summed E-state index contributed by atoms with van der Waals surface area (Å²) in [5.74, 6) is 0. The maximum Gasteiger partial charge on any atom is 0.240 e. The number of rotatable bonds is 4. The third kappa shape index (κ3) is 3.04. The maximum atomic E-state index is 11.9. The molecule has 0 saturated heterocycles. The summed E-state index contributed by atoms with van der Waals surface area (Å²) >= 11 is 0. The van der Waals surface area contributed by atoms with Crippen molar-refractivity contribution >= 4 is 10.0 Å². The molecule has 0 radical (unpaired) electrons. The maximum absolute atomic E-state index is 11.9. The Kier molecular flexibility index (Phi) is 3.88. The third-order valence-electron chi connectivity index (χ3n) is 2.18. The fourth-order valence-electron chi connectivity index (χ4n) is 1.31. The Bertz CT molecular complexity index is 438. The highest BCUT2D eigenvalue weighted by atomic mass is 32.2. The van der Waals surface area contributed by atoms with E-state index in [0.717, 1.165) is 17.5 Å². The van der Waals surface area contributed by atoms with E-state index in [-0.39, 0.29) is 0 Å². The van der Waals surface area contributed by atoms with Gasteiger partial charge in [-0.15, -0.1) is 0 Å². The Labute approximate surface area is 91.6 Å². The monoisotopic (exact) mass is 227 g/mol. The van der Waals surface area contributed by atoms with Gasteiger partial charge in [0.1, 0.15) is 0 Å². The van der Waals surface area contributed by atoms with Gasteiger partial charge in [-0.1, -0.05) is 19.1 Å². The quantitative estimate of drug-likeness (QED) is 0.855. The molecule has 0 spiro atoms. The molecule has 0 bridgehead atoms. The molecule has 4 heteroatoms. The summed E-state index contributed by atoms with van der Waals surface area (Å²) < 4.78 is 26.3. The molecule has 0 heterocycles. The molecule has 1 rings (SSSR count). The number of sulfonamides is 1. The second-order valence-corrected chi connectivity index (χ2v) is 5.40. The lowest BCUT2D eigenvalue weighted by Gasteiger charge is -2.09. The van der Waals surface area contributed by atoms with Crippen LogP contribution in [0.5, 0.6) is 0 Å². The number of hydrogen-bond donors (Lipinski definition) is 1. The summed E-state index contributed by atoms with van der Waals surface area (Å²) in [5.41, 5.74) is 1.74. The van der Waals surface area contributed by atoms with Crippen LogP contribution < -0.4 is 4.72 Å². The van der Waals surface area contributed by atoms with Crippen molar-refractivity contribution in [1.29, 1.82) is 0 Å². The average molecular weight is 227 g/mol. The summed E-state index contributed by atoms with van der Waals surface area (Å²) in [6.45, 7) is 6.11. The largest absolute Gasteiger partial charge is 0.240 e. The van der Waals surface area contributed by atoms with Crippen molar-refractivity contribution in [3.8, 4) is 0 Å². The first kappa shape index (κ1) is 12.2. The zero-order valence-corrected chi connectivity index (χ0v) is 10.2. The molecule has 0 aliphatic carbocycles. The average Bonchev–Trinajstić information content (AvgIpc) is 2.18. The molecular weight excluding hydrogens is 210 g/mol. The van der Waals surface area contributed by atoms with Crippen LogP contribution >= 0.6 is 0 Å². The minimum Gasteiger partial charge on any atom is -0.211 e. The summed E-state index contributed by atoms with van der Waals surface area (Å²) in [4.78, 5) is 0.385. The molecule has 0 amide bonds. The van der Waals surface area contributed by atoms with E-state index in [2.05, 4.69) is 4.72 Å². The van der Waals surface area contributed by atoms with E-state index < -0.39 is 10.0 Å². The van der Waals surface area contributed by atoms with Gasteiger partial charge in [-0.25, -0.2) is 13.1 Å². The van der Waals surface area contributed by atoms with Gasteiger partial charge in [0.2, 0.25) is 10.0 Å². The minimum absolute atomic E-state index is 0.385. The molecule has 1 N–H and O–H groups in total. The van der Waals surface area contributed by atoms with Crippen LogP contribution in [0.2, 0.25) is 0 Å². The van der Waals surface area contributed by atoms with Crippen molar-refractivity contribution < 1.29 is 8.42 Å². The lowest BCUT2D eigenvalue weighted by Crippen LogP contribution is -2.25. The third-order valence-corrected chi connectivity index (χ3v) is 3.78. The lowest BCUT2D eigenvalue weighted by molar-refractivity contribution is 0.580. The first-order valence-corrected chi connectivity index (χ1v) is 6.52. The molecule has 0 aromatic heterocycles. The topological polar surface area (TPSA) is 46.2 Å². The fraction of sp³-hybridized carbons (Fsp3) is 0.455. The Hall–Kier alpha value is -0.870. The van der Waals surface area contributed by atoms with Gasteiger partial charge in [-0.05, 0) is 37.5 Å². The van der Waals surface area contributed by atoms with Gasteiger partial charge in [-0.2, -0.15) is 0 Å². The van der Waals surface area contributed by atoms with Gasteiger partial charge in [0.05, 0.1) is 4.90 Å². The molecule has 3 nitrogen and oxygen atoms in total. The summed E-state index contributed by atoms with van der Waals surface area (Å²) in [6, 6.07) is 5.44. The van der Waals surface area contributed by atoms with Crippen LogP contribution in [-0.4, -0.2) is 15.0 Å². The van der Waals surface area contributed by atoms with E-state index >= 15 is 0 Å². The van der Waals surface area contributed by atoms with Crippen molar-refractivity contribution in [2.75, 3.05) is 6.54 Å². The second kappa shape index (κ2) is 4.77. The van der Waals surface area contributed by atoms with Crippen molar-refractivity contribution in [2.45, 2.75) is 32.1 Å². The van der Waals surface area contributed by atoms with Gasteiger partial charge >= 0.3 is 0 Å². The zero-order chi connectivity index (χ0) is 11.5. The first-order valence-electron chi connectivity index (χ1n) is 5.04. The predicted molar refractivity (Wildman–Crippen MR) is 61.4 cm³/mol. The molecule has 0 aliphatic heterocycles. The van der Waals surface area contributed by atoms with E-state index in [1.54, 1.807) is 13.0 Å². The van der Waals surface area contributed by atoms with E-state index in [0.29, 0.717) is 11.4 Å². The Morgan fingerprint density at radius 3 is 2.53 bits per heavy atom. The van der Waals surface area contributed by atoms with Crippen molar-refractivity contribution in [3.05, 3.63) is 29.3 Å². The van der Waals surface area contributed by atoms with Crippen molar-refractivity contribution in [3.63, 3.8) is 0 Å². The molecule has 0 unspecified atom stereocenters. The second-order valence-electron chi connectivity index (χ2n) is 3.67. The molecule has 1 aromatic rings. The number of nitrogens with one attached hydrogen (secondary N) is 1. The van der Waals surface area contributed by atoms with Crippen LogP contribution in [0.4, 0.5) is 0 Å². The highest BCUT2D eigenvalue weighted by Gasteiger charge is 2.15. The van der Waals surface area contributed by atoms with Gasteiger partial charge in [0.15, 0.2) is 0 Å². The van der Waals surface area contributed by atoms with Gasteiger partial charge in [0, 0.05) is 6.54 Å². The van der Waals surface area contributed by atoms with Crippen molar-refractivity contribution in [1.82, 2.24) is 4.72 Å². The van der Waals surface area contributed by atoms with Crippen LogP contribution in [0.1, 0.15) is 24.5 Å². The predicted octanol–water partition coefficient (Wildman–Crippen LogP) is 1.99. The van der Waals surface area contributed by atoms with Crippen LogP contribution in [0.3, 0.4) is 0 Å². The molecule has 0 aliphatic rings. The summed E-state index contributed by atoms with van der Waals surface area (Å²) in [6.07, 6.45) is 0.796. The van der Waals surface area contributed by atoms with E-state index in [4.69, 9.17) is 0 Å². The minimum atomic E-state index is -3.33. The van der Waals surface area contributed by atoms with Crippen molar-refractivity contribution in [2.24, 2.45) is 0 Å². The fourth-order valence-corrected chi connectivity index (χ4v) is 2.77. The van der Waals surface area contributed by atoms with E-state index in [1.807, 2.05) is 26.0 Å². The molecule has 0 atom stereocenters. The Morgan fingerprint density at radius 1 is 1.27 bits per heavy atom. The smallest absolute Gasteiger partial charge is 0.211 e. The molecule has 84 valence electrons. The number of benzene rings is 1. The van der Waals surface area contributed by atoms with Crippen LogP contribution in [0.15, 0.2) is 23.1 Å². The normalized spacial score (nSPS) is 11.7. The standard InChI is InChI=1S/C11H17NO2S/c1-4-7-12-15(13,14)11-8-9(2)5-6-10(11)3/h5-6,8,12H,4,7H2,1-3H3. The van der Waals surface area contributed by atoms with Gasteiger partial charge in [0.25, 0.3) is 0 Å². The molecule has 1 aromatic carbocycles. The SMILES string of the molecule is CCCNS(=O)(=O)c1cc(C)ccc1C. The van der Waals surface area contributed by atoms with Crippen LogP contribution in [-0.2, 0) is 10.0 Å². The highest BCUT2D eigenvalue weighted by molar-refractivity contribution is 7.89. The zero-order valence-electron chi connectivity index (χ0n) is 9.37. The number of hydrogen-bond acceptors (Lipinski definition) is 2. The van der Waals surface area contributed by atoms with Gasteiger partial charge < -0.3 is 0 Å². The summed E-state index contributed by atoms with van der Waals surface area (Å²) in [5, 5.41) is 0. The molecular formula is C11H17NO2S. The van der Waals surface area contributed by atoms with Crippen LogP contribution in [0.25, 0.3) is 0 Å². The summed E-state index contributed by atoms with van der Waals surface area (Å²) in [7, 11) is -3.33.